The van der Waals surface area contributed by atoms with Crippen LogP contribution in [0.3, 0.4) is 0 Å². The number of allylic oxidation sites excluding steroid dienone is 3. The molecule has 0 saturated carbocycles. The van der Waals surface area contributed by atoms with Crippen LogP contribution in [0.4, 0.5) is 4.79 Å². The van der Waals surface area contributed by atoms with Crippen LogP contribution in [0.25, 0.3) is 0 Å². The van der Waals surface area contributed by atoms with Crippen molar-refractivity contribution in [2.24, 2.45) is 17.6 Å². The highest BCUT2D eigenvalue weighted by Gasteiger charge is 2.34. The van der Waals surface area contributed by atoms with E-state index in [2.05, 4.69) is 10.6 Å². The molecule has 0 radical (unpaired) electrons. The van der Waals surface area contributed by atoms with Gasteiger partial charge in [-0.15, -0.1) is 0 Å². The lowest BCUT2D eigenvalue weighted by Crippen LogP contribution is -2.38. The number of aliphatic hydroxyl groups excluding tert-OH is 1. The van der Waals surface area contributed by atoms with E-state index >= 15 is 0 Å². The normalized spacial score (nSPS) is 29.0. The highest BCUT2D eigenvalue weighted by atomic mass is 16.6. The van der Waals surface area contributed by atoms with E-state index in [1.54, 1.807) is 26.0 Å². The number of aliphatic hydroxyl groups is 1. The fourth-order valence-electron chi connectivity index (χ4n) is 5.34. The summed E-state index contributed by atoms with van der Waals surface area (Å²) < 4.78 is 16.7. The third kappa shape index (κ3) is 9.37. The number of nitrogens with two attached hydrogens (primary N) is 1. The Morgan fingerprint density at radius 3 is 2.33 bits per heavy atom. The first-order valence-corrected chi connectivity index (χ1v) is 14.4. The van der Waals surface area contributed by atoms with Gasteiger partial charge in [-0.2, -0.15) is 0 Å². The summed E-state index contributed by atoms with van der Waals surface area (Å²) in [6, 6.07) is -0.103. The molecule has 11 nitrogen and oxygen atoms in total. The van der Waals surface area contributed by atoms with E-state index in [0.717, 1.165) is 6.08 Å². The zero-order chi connectivity index (χ0) is 31.7. The van der Waals surface area contributed by atoms with Crippen LogP contribution in [-0.4, -0.2) is 73.4 Å². The average molecular weight is 590 g/mol. The van der Waals surface area contributed by atoms with Crippen LogP contribution in [0.1, 0.15) is 67.2 Å². The number of ketones is 2. The van der Waals surface area contributed by atoms with Crippen molar-refractivity contribution in [3.8, 4) is 0 Å². The Morgan fingerprint density at radius 2 is 1.76 bits per heavy atom. The molecule has 234 valence electrons. The molecule has 1 aliphatic carbocycles. The quantitative estimate of drug-likeness (QED) is 0.278. The first-order valence-electron chi connectivity index (χ1n) is 14.4. The molecule has 2 amide bonds. The highest BCUT2D eigenvalue weighted by Crippen LogP contribution is 2.29. The maximum atomic E-state index is 13.6. The van der Waals surface area contributed by atoms with Gasteiger partial charge in [0.25, 0.3) is 5.91 Å². The number of ether oxygens (including phenoxy) is 3. The van der Waals surface area contributed by atoms with Gasteiger partial charge in [-0.05, 0) is 64.9 Å². The zero-order valence-electron chi connectivity index (χ0n) is 26.0. The Labute approximate surface area is 248 Å². The van der Waals surface area contributed by atoms with Crippen molar-refractivity contribution >= 4 is 23.6 Å². The molecule has 42 heavy (non-hydrogen) atoms. The summed E-state index contributed by atoms with van der Waals surface area (Å²) in [4.78, 5) is 51.5. The Morgan fingerprint density at radius 1 is 1.12 bits per heavy atom. The number of primary amides is 1. The van der Waals surface area contributed by atoms with Gasteiger partial charge in [0, 0.05) is 43.4 Å². The summed E-state index contributed by atoms with van der Waals surface area (Å²) in [7, 11) is 2.99. The highest BCUT2D eigenvalue weighted by molar-refractivity contribution is 6.23. The fourth-order valence-corrected chi connectivity index (χ4v) is 5.34. The Balaban J connectivity index is 2.58. The average Bonchev–Trinajstić information content (AvgIpc) is 2.91. The number of methoxy groups -OCH3 is 2. The number of carbonyl (C=O) groups is 4. The van der Waals surface area contributed by atoms with Crippen molar-refractivity contribution in [2.75, 3.05) is 14.2 Å². The molecule has 0 aromatic heterocycles. The summed E-state index contributed by atoms with van der Waals surface area (Å²) in [6.07, 6.45) is 2.08. The SMILES string of the molecule is CO[C@H]1C[C@H](C)CC2=C(NC(C)C)C(=O)C=C(NC(=O)C(C)=CCC[C@H](OC)[C@@H](OC(N)=O)C(C)=C[C@H](C)[C@H]1O)C2=O. The fraction of sp³-hybridized carbons (Fsp3) is 0.613. The number of Topliss-reactive ketones (excluding diaryl/α,β-unsaturated/α-hetero) is 1. The Kier molecular flexibility index (Phi) is 13.1. The largest absolute Gasteiger partial charge is 0.439 e. The number of rotatable bonds is 5. The molecule has 0 unspecified atom stereocenters. The van der Waals surface area contributed by atoms with Crippen molar-refractivity contribution in [3.63, 3.8) is 0 Å². The number of carbonyl (C=O) groups excluding carboxylic acids is 4. The van der Waals surface area contributed by atoms with E-state index in [1.807, 2.05) is 27.7 Å². The van der Waals surface area contributed by atoms with Gasteiger partial charge in [0.15, 0.2) is 6.10 Å². The van der Waals surface area contributed by atoms with E-state index in [1.165, 1.54) is 14.2 Å². The van der Waals surface area contributed by atoms with Crippen LogP contribution in [-0.2, 0) is 28.6 Å². The molecule has 1 heterocycles. The van der Waals surface area contributed by atoms with Crippen LogP contribution < -0.4 is 16.4 Å². The summed E-state index contributed by atoms with van der Waals surface area (Å²) in [5, 5.41) is 17.0. The Hall–Kier alpha value is -3.28. The topological polar surface area (TPSA) is 166 Å². The lowest BCUT2D eigenvalue weighted by Gasteiger charge is -2.30. The first kappa shape index (κ1) is 34.9. The zero-order valence-corrected chi connectivity index (χ0v) is 26.0. The van der Waals surface area contributed by atoms with E-state index < -0.39 is 53.9 Å². The summed E-state index contributed by atoms with van der Waals surface area (Å²) in [6.45, 7) is 10.9. The molecule has 0 fully saturated rings. The predicted molar refractivity (Wildman–Crippen MR) is 158 cm³/mol. The lowest BCUT2D eigenvalue weighted by atomic mass is 9.85. The van der Waals surface area contributed by atoms with Crippen LogP contribution in [0.2, 0.25) is 0 Å². The molecule has 5 N–H and O–H groups in total. The number of hydrogen-bond acceptors (Lipinski definition) is 9. The summed E-state index contributed by atoms with van der Waals surface area (Å²) in [5.41, 5.74) is 6.75. The van der Waals surface area contributed by atoms with Crippen LogP contribution >= 0.6 is 0 Å². The standard InChI is InChI=1S/C31H47N3O8/c1-16(2)33-26-21-12-17(3)13-25(41-8)27(36)19(5)14-20(6)29(42-31(32)39)24(40-7)11-9-10-18(4)30(38)34-22(28(21)37)15-23(26)35/h10,14-17,19,24-25,27,29,33,36H,9,11-13H2,1-8H3,(H2,32,39)(H,34,38)/t17-,19+,24+,25+,27-,29+/m1/s1. The monoisotopic (exact) mass is 589 g/mol. The van der Waals surface area contributed by atoms with Gasteiger partial charge < -0.3 is 35.7 Å². The van der Waals surface area contributed by atoms with Gasteiger partial charge in [-0.25, -0.2) is 4.79 Å². The van der Waals surface area contributed by atoms with E-state index in [-0.39, 0.29) is 35.3 Å². The first-order chi connectivity index (χ1) is 19.7. The van der Waals surface area contributed by atoms with Gasteiger partial charge in [0.2, 0.25) is 11.6 Å². The van der Waals surface area contributed by atoms with Crippen molar-refractivity contribution in [2.45, 2.75) is 97.7 Å². The van der Waals surface area contributed by atoms with Gasteiger partial charge in [0.05, 0.1) is 29.7 Å². The number of hydrogen-bond donors (Lipinski definition) is 4. The van der Waals surface area contributed by atoms with Gasteiger partial charge in [-0.3, -0.25) is 14.4 Å². The molecule has 0 aromatic carbocycles. The molecule has 11 heteroatoms. The Bertz CT molecular complexity index is 1150. The van der Waals surface area contributed by atoms with E-state index in [0.29, 0.717) is 30.4 Å². The molecular weight excluding hydrogens is 542 g/mol. The van der Waals surface area contributed by atoms with Crippen molar-refractivity contribution in [3.05, 3.63) is 46.3 Å². The van der Waals surface area contributed by atoms with Crippen molar-refractivity contribution in [1.29, 1.82) is 0 Å². The molecule has 0 aromatic rings. The molecule has 2 bridgehead atoms. The summed E-state index contributed by atoms with van der Waals surface area (Å²) >= 11 is 0. The van der Waals surface area contributed by atoms with Crippen LogP contribution in [0.15, 0.2) is 46.3 Å². The van der Waals surface area contributed by atoms with Crippen LogP contribution in [0, 0.1) is 11.8 Å². The predicted octanol–water partition coefficient (Wildman–Crippen LogP) is 2.98. The maximum Gasteiger partial charge on any atom is 0.405 e. The van der Waals surface area contributed by atoms with Gasteiger partial charge >= 0.3 is 6.09 Å². The van der Waals surface area contributed by atoms with Crippen molar-refractivity contribution < 1.29 is 38.5 Å². The molecule has 6 atom stereocenters. The molecule has 2 rings (SSSR count). The minimum atomic E-state index is -0.963. The van der Waals surface area contributed by atoms with E-state index in [4.69, 9.17) is 19.9 Å². The molecule has 1 aliphatic heterocycles. The third-order valence-electron chi connectivity index (χ3n) is 7.55. The second-order valence-electron chi connectivity index (χ2n) is 11.5. The molecular formula is C31H47N3O8. The van der Waals surface area contributed by atoms with E-state index in [9.17, 15) is 24.3 Å². The summed E-state index contributed by atoms with van der Waals surface area (Å²) in [5.74, 6) is -1.93. The molecule has 0 spiro atoms. The second-order valence-corrected chi connectivity index (χ2v) is 11.5. The maximum absolute atomic E-state index is 13.6. The molecule has 2 aliphatic rings. The number of amides is 2. The minimum Gasteiger partial charge on any atom is -0.439 e. The smallest absolute Gasteiger partial charge is 0.405 e. The lowest BCUT2D eigenvalue weighted by molar-refractivity contribution is -0.120. The molecule has 0 saturated heterocycles. The second kappa shape index (κ2) is 15.8. The number of fused-ring (bicyclic) bond motifs is 2. The number of nitrogens with one attached hydrogen (secondary N) is 2. The van der Waals surface area contributed by atoms with Gasteiger partial charge in [-0.1, -0.05) is 26.0 Å². The van der Waals surface area contributed by atoms with Crippen LogP contribution in [0.5, 0.6) is 0 Å². The third-order valence-corrected chi connectivity index (χ3v) is 7.55. The minimum absolute atomic E-state index is 0.0892. The van der Waals surface area contributed by atoms with Crippen molar-refractivity contribution in [1.82, 2.24) is 10.6 Å². The van der Waals surface area contributed by atoms with Gasteiger partial charge in [0.1, 0.15) is 0 Å².